The monoisotopic (exact) mass is 392 g/mol. The van der Waals surface area contributed by atoms with Crippen LogP contribution in [-0.4, -0.2) is 67.3 Å². The minimum Gasteiger partial charge on any atom is -0.352 e. The van der Waals surface area contributed by atoms with Crippen LogP contribution in [0.1, 0.15) is 34.7 Å². The van der Waals surface area contributed by atoms with E-state index in [1.807, 2.05) is 31.2 Å². The van der Waals surface area contributed by atoms with Crippen molar-refractivity contribution in [2.24, 2.45) is 0 Å². The molecule has 3 aromatic heterocycles. The van der Waals surface area contributed by atoms with Gasteiger partial charge in [0.15, 0.2) is 11.5 Å². The van der Waals surface area contributed by atoms with Crippen LogP contribution in [0.5, 0.6) is 0 Å². The molecular formula is C20H24N8O. The number of hydrogen-bond acceptors (Lipinski definition) is 7. The summed E-state index contributed by atoms with van der Waals surface area (Å²) in [7, 11) is 1.80. The highest BCUT2D eigenvalue weighted by molar-refractivity contribution is 5.93. The number of hydrogen-bond donors (Lipinski definition) is 1. The summed E-state index contributed by atoms with van der Waals surface area (Å²) in [5.41, 5.74) is 2.62. The molecule has 1 aliphatic heterocycles. The zero-order chi connectivity index (χ0) is 20.4. The molecule has 1 fully saturated rings. The Morgan fingerprint density at radius 1 is 1.28 bits per heavy atom. The van der Waals surface area contributed by atoms with Crippen LogP contribution in [0.15, 0.2) is 30.5 Å². The third kappa shape index (κ3) is 3.94. The Hall–Kier alpha value is -3.36. The second kappa shape index (κ2) is 7.94. The maximum atomic E-state index is 12.7. The lowest BCUT2D eigenvalue weighted by Gasteiger charge is -2.29. The minimum absolute atomic E-state index is 0.129. The molecule has 1 N–H and O–H groups in total. The molecule has 150 valence electrons. The highest BCUT2D eigenvalue weighted by Crippen LogP contribution is 2.27. The van der Waals surface area contributed by atoms with E-state index in [4.69, 9.17) is 4.98 Å². The van der Waals surface area contributed by atoms with E-state index in [9.17, 15) is 4.79 Å². The van der Waals surface area contributed by atoms with Crippen LogP contribution in [0.3, 0.4) is 0 Å². The van der Waals surface area contributed by atoms with Gasteiger partial charge in [0.05, 0.1) is 5.69 Å². The van der Waals surface area contributed by atoms with Gasteiger partial charge in [0.25, 0.3) is 5.91 Å². The summed E-state index contributed by atoms with van der Waals surface area (Å²) >= 11 is 0. The molecule has 9 nitrogen and oxygen atoms in total. The van der Waals surface area contributed by atoms with Crippen molar-refractivity contribution in [3.05, 3.63) is 47.5 Å². The third-order valence-corrected chi connectivity index (χ3v) is 5.16. The standard InChI is InChI=1S/C20H24N8O/c1-13-11-17(23-19(22-13)16-8-4-5-9-21-16)28-10-6-7-15(28)12-27(3)20(29)18-14(2)24-26-25-18/h4-5,8-9,11,15H,6-7,10,12H2,1-3H3,(H,24,25,26). The summed E-state index contributed by atoms with van der Waals surface area (Å²) in [5.74, 6) is 1.36. The molecule has 0 spiro atoms. The number of nitrogens with zero attached hydrogens (tertiary/aromatic N) is 7. The van der Waals surface area contributed by atoms with E-state index < -0.39 is 0 Å². The number of carbonyl (C=O) groups is 1. The van der Waals surface area contributed by atoms with Crippen LogP contribution in [0, 0.1) is 13.8 Å². The predicted molar refractivity (Wildman–Crippen MR) is 108 cm³/mol. The summed E-state index contributed by atoms with van der Waals surface area (Å²) in [6, 6.07) is 7.89. The largest absolute Gasteiger partial charge is 0.352 e. The highest BCUT2D eigenvalue weighted by atomic mass is 16.2. The van der Waals surface area contributed by atoms with E-state index >= 15 is 0 Å². The zero-order valence-corrected chi connectivity index (χ0v) is 16.8. The van der Waals surface area contributed by atoms with Gasteiger partial charge in [-0.15, -0.1) is 0 Å². The number of pyridine rings is 1. The van der Waals surface area contributed by atoms with Gasteiger partial charge in [-0.25, -0.2) is 9.97 Å². The SMILES string of the molecule is Cc1cc(N2CCCC2CN(C)C(=O)c2n[nH]nc2C)nc(-c2ccccn2)n1. The molecular weight excluding hydrogens is 368 g/mol. The fourth-order valence-electron chi connectivity index (χ4n) is 3.70. The highest BCUT2D eigenvalue weighted by Gasteiger charge is 2.29. The molecule has 1 unspecified atom stereocenters. The molecule has 4 heterocycles. The van der Waals surface area contributed by atoms with Crippen molar-refractivity contribution in [3.63, 3.8) is 0 Å². The van der Waals surface area contributed by atoms with Gasteiger partial charge in [0, 0.05) is 44.1 Å². The van der Waals surface area contributed by atoms with Crippen molar-refractivity contribution in [1.29, 1.82) is 0 Å². The molecule has 1 amide bonds. The van der Waals surface area contributed by atoms with Crippen LogP contribution in [0.25, 0.3) is 11.5 Å². The topological polar surface area (TPSA) is 104 Å². The first kappa shape index (κ1) is 19.0. The summed E-state index contributed by atoms with van der Waals surface area (Å²) in [4.78, 5) is 30.4. The van der Waals surface area contributed by atoms with E-state index in [0.29, 0.717) is 23.8 Å². The molecule has 0 bridgehead atoms. The van der Waals surface area contributed by atoms with Crippen LogP contribution in [0.2, 0.25) is 0 Å². The van der Waals surface area contributed by atoms with Gasteiger partial charge in [-0.2, -0.15) is 15.4 Å². The summed E-state index contributed by atoms with van der Waals surface area (Å²) in [6.07, 6.45) is 3.79. The Morgan fingerprint density at radius 2 is 2.14 bits per heavy atom. The number of nitrogens with one attached hydrogen (secondary N) is 1. The maximum Gasteiger partial charge on any atom is 0.276 e. The van der Waals surface area contributed by atoms with E-state index in [1.54, 1.807) is 25.1 Å². The second-order valence-corrected chi connectivity index (χ2v) is 7.34. The molecule has 0 aliphatic carbocycles. The van der Waals surface area contributed by atoms with Gasteiger partial charge in [0.1, 0.15) is 11.5 Å². The Bertz CT molecular complexity index is 1000. The summed E-state index contributed by atoms with van der Waals surface area (Å²) in [6.45, 7) is 5.22. The third-order valence-electron chi connectivity index (χ3n) is 5.16. The second-order valence-electron chi connectivity index (χ2n) is 7.34. The average Bonchev–Trinajstić information content (AvgIpc) is 3.36. The van der Waals surface area contributed by atoms with Gasteiger partial charge in [-0.1, -0.05) is 6.07 Å². The van der Waals surface area contributed by atoms with E-state index in [0.717, 1.165) is 36.6 Å². The Balaban J connectivity index is 1.55. The number of anilines is 1. The molecule has 0 aromatic carbocycles. The molecule has 1 aliphatic rings. The van der Waals surface area contributed by atoms with Gasteiger partial charge in [-0.05, 0) is 38.8 Å². The van der Waals surface area contributed by atoms with Gasteiger partial charge in [-0.3, -0.25) is 9.78 Å². The molecule has 0 radical (unpaired) electrons. The molecule has 1 atom stereocenters. The van der Waals surface area contributed by atoms with Gasteiger partial charge >= 0.3 is 0 Å². The van der Waals surface area contributed by atoms with E-state index in [1.165, 1.54) is 0 Å². The lowest BCUT2D eigenvalue weighted by atomic mass is 10.2. The summed E-state index contributed by atoms with van der Waals surface area (Å²) in [5, 5.41) is 10.4. The maximum absolute atomic E-state index is 12.7. The molecule has 3 aromatic rings. The van der Waals surface area contributed by atoms with Crippen molar-refractivity contribution in [3.8, 4) is 11.5 Å². The molecule has 9 heteroatoms. The van der Waals surface area contributed by atoms with Crippen molar-refractivity contribution >= 4 is 11.7 Å². The Kier molecular flexibility index (Phi) is 5.20. The fraction of sp³-hybridized carbons (Fsp3) is 0.400. The van der Waals surface area contributed by atoms with Crippen molar-refractivity contribution < 1.29 is 4.79 Å². The smallest absolute Gasteiger partial charge is 0.276 e. The van der Waals surface area contributed by atoms with Crippen LogP contribution in [0.4, 0.5) is 5.82 Å². The number of rotatable bonds is 5. The van der Waals surface area contributed by atoms with Gasteiger partial charge in [0.2, 0.25) is 0 Å². The number of amides is 1. The van der Waals surface area contributed by atoms with Crippen molar-refractivity contribution in [2.75, 3.05) is 25.0 Å². The number of carbonyl (C=O) groups excluding carboxylic acids is 1. The van der Waals surface area contributed by atoms with Crippen molar-refractivity contribution in [1.82, 2.24) is 35.3 Å². The average molecular weight is 392 g/mol. The Morgan fingerprint density at radius 3 is 2.86 bits per heavy atom. The molecule has 4 rings (SSSR count). The number of likely N-dealkylation sites (N-methyl/N-ethyl adjacent to an activating group) is 1. The minimum atomic E-state index is -0.129. The zero-order valence-electron chi connectivity index (χ0n) is 16.8. The number of aromatic nitrogens is 6. The number of aromatic amines is 1. The molecule has 0 saturated carbocycles. The molecule has 29 heavy (non-hydrogen) atoms. The quantitative estimate of drug-likeness (QED) is 0.708. The Labute approximate surface area is 169 Å². The predicted octanol–water partition coefficient (Wildman–Crippen LogP) is 2.01. The first-order chi connectivity index (χ1) is 14.0. The van der Waals surface area contributed by atoms with Crippen molar-refractivity contribution in [2.45, 2.75) is 32.7 Å². The lowest BCUT2D eigenvalue weighted by molar-refractivity contribution is 0.0780. The van der Waals surface area contributed by atoms with Crippen LogP contribution >= 0.6 is 0 Å². The van der Waals surface area contributed by atoms with Crippen LogP contribution in [-0.2, 0) is 0 Å². The fourth-order valence-corrected chi connectivity index (χ4v) is 3.70. The lowest BCUT2D eigenvalue weighted by Crippen LogP contribution is -2.42. The van der Waals surface area contributed by atoms with Crippen LogP contribution < -0.4 is 4.90 Å². The number of H-pyrrole nitrogens is 1. The van der Waals surface area contributed by atoms with Gasteiger partial charge < -0.3 is 9.80 Å². The normalized spacial score (nSPS) is 16.2. The first-order valence-electron chi connectivity index (χ1n) is 9.69. The number of aryl methyl sites for hydroxylation is 2. The van der Waals surface area contributed by atoms with E-state index in [2.05, 4.69) is 30.3 Å². The molecule has 1 saturated heterocycles. The van der Waals surface area contributed by atoms with E-state index in [-0.39, 0.29) is 11.9 Å². The summed E-state index contributed by atoms with van der Waals surface area (Å²) < 4.78 is 0. The first-order valence-corrected chi connectivity index (χ1v) is 9.69.